The molecule has 5 aromatic rings. The topological polar surface area (TPSA) is 81.9 Å². The van der Waals surface area contributed by atoms with Crippen molar-refractivity contribution in [3.05, 3.63) is 93.8 Å². The van der Waals surface area contributed by atoms with Crippen LogP contribution in [0.2, 0.25) is 0 Å². The van der Waals surface area contributed by atoms with Gasteiger partial charge in [0, 0.05) is 0 Å². The molecule has 6 rings (SSSR count). The number of para-hydroxylation sites is 1. The van der Waals surface area contributed by atoms with Crippen LogP contribution in [0.1, 0.15) is 41.6 Å². The van der Waals surface area contributed by atoms with Crippen molar-refractivity contribution >= 4 is 43.6 Å². The standard InChI is InChI=1S/C28H22N2O5S/c1-3-33-17-9-7-8-16(14-17)24-23-25(31)19-10-5-6-11-21(19)35-26(23)27(32)30(24)28-29-20-13-12-18(34-4-2)15-22(20)36-28/h5-15,24H,3-4H2,1-2H3/t24-/m1/s1. The van der Waals surface area contributed by atoms with Crippen molar-refractivity contribution in [1.29, 1.82) is 0 Å². The fourth-order valence-corrected chi connectivity index (χ4v) is 5.65. The highest BCUT2D eigenvalue weighted by Gasteiger charge is 2.45. The molecule has 7 nitrogen and oxygen atoms in total. The largest absolute Gasteiger partial charge is 0.494 e. The number of hydrogen-bond donors (Lipinski definition) is 0. The molecule has 0 bridgehead atoms. The summed E-state index contributed by atoms with van der Waals surface area (Å²) in [5.74, 6) is 1.04. The minimum Gasteiger partial charge on any atom is -0.494 e. The van der Waals surface area contributed by atoms with Crippen molar-refractivity contribution in [2.45, 2.75) is 19.9 Å². The predicted molar refractivity (Wildman–Crippen MR) is 140 cm³/mol. The molecule has 0 unspecified atom stereocenters. The van der Waals surface area contributed by atoms with E-state index >= 15 is 0 Å². The van der Waals surface area contributed by atoms with Crippen LogP contribution < -0.4 is 19.8 Å². The summed E-state index contributed by atoms with van der Waals surface area (Å²) in [4.78, 5) is 33.9. The quantitative estimate of drug-likeness (QED) is 0.288. The number of ether oxygens (including phenoxy) is 2. The molecule has 2 aromatic heterocycles. The summed E-state index contributed by atoms with van der Waals surface area (Å²) in [6.45, 7) is 4.89. The number of aromatic nitrogens is 1. The van der Waals surface area contributed by atoms with Gasteiger partial charge in [-0.05, 0) is 61.9 Å². The van der Waals surface area contributed by atoms with Gasteiger partial charge in [0.15, 0.2) is 10.6 Å². The minimum absolute atomic E-state index is 0.0415. The van der Waals surface area contributed by atoms with E-state index < -0.39 is 11.9 Å². The van der Waals surface area contributed by atoms with Gasteiger partial charge in [-0.1, -0.05) is 35.6 Å². The number of benzene rings is 3. The van der Waals surface area contributed by atoms with Gasteiger partial charge in [-0.3, -0.25) is 14.5 Å². The van der Waals surface area contributed by atoms with E-state index in [1.807, 2.05) is 56.3 Å². The van der Waals surface area contributed by atoms with E-state index in [-0.39, 0.29) is 11.2 Å². The lowest BCUT2D eigenvalue weighted by atomic mass is 9.98. The molecule has 0 radical (unpaired) electrons. The molecular formula is C28H22N2O5S. The zero-order valence-corrected chi connectivity index (χ0v) is 20.5. The Morgan fingerprint density at radius 3 is 2.53 bits per heavy atom. The third kappa shape index (κ3) is 3.53. The molecule has 0 saturated heterocycles. The summed E-state index contributed by atoms with van der Waals surface area (Å²) in [5, 5.41) is 0.910. The summed E-state index contributed by atoms with van der Waals surface area (Å²) < 4.78 is 18.3. The van der Waals surface area contributed by atoms with Crippen LogP contribution in [0.4, 0.5) is 5.13 Å². The normalized spacial score (nSPS) is 15.0. The molecule has 0 fully saturated rings. The molecule has 8 heteroatoms. The van der Waals surface area contributed by atoms with Gasteiger partial charge in [0.2, 0.25) is 5.76 Å². The van der Waals surface area contributed by atoms with E-state index in [0.29, 0.717) is 40.6 Å². The number of hydrogen-bond acceptors (Lipinski definition) is 7. The van der Waals surface area contributed by atoms with Gasteiger partial charge in [0.05, 0.1) is 40.4 Å². The van der Waals surface area contributed by atoms with Crippen LogP contribution in [0.25, 0.3) is 21.2 Å². The Labute approximate surface area is 210 Å². The smallest absolute Gasteiger partial charge is 0.297 e. The second-order valence-corrected chi connectivity index (χ2v) is 9.32. The Kier molecular flexibility index (Phi) is 5.45. The number of rotatable bonds is 6. The number of amides is 1. The van der Waals surface area contributed by atoms with Crippen molar-refractivity contribution < 1.29 is 18.7 Å². The Balaban J connectivity index is 1.58. The number of nitrogens with zero attached hydrogens (tertiary/aromatic N) is 2. The van der Waals surface area contributed by atoms with Crippen molar-refractivity contribution in [3.8, 4) is 11.5 Å². The number of carbonyl (C=O) groups excluding carboxylic acids is 1. The van der Waals surface area contributed by atoms with Crippen LogP contribution in [-0.2, 0) is 0 Å². The van der Waals surface area contributed by atoms with Crippen LogP contribution in [0, 0.1) is 0 Å². The molecule has 36 heavy (non-hydrogen) atoms. The van der Waals surface area contributed by atoms with Crippen LogP contribution in [0.5, 0.6) is 11.5 Å². The Bertz CT molecular complexity index is 1690. The molecule has 0 saturated carbocycles. The van der Waals surface area contributed by atoms with Crippen molar-refractivity contribution in [2.75, 3.05) is 18.1 Å². The first kappa shape index (κ1) is 22.3. The van der Waals surface area contributed by atoms with Gasteiger partial charge in [-0.25, -0.2) is 4.98 Å². The van der Waals surface area contributed by atoms with Crippen LogP contribution in [0.3, 0.4) is 0 Å². The second-order valence-electron chi connectivity index (χ2n) is 8.31. The molecule has 1 aliphatic rings. The zero-order valence-electron chi connectivity index (χ0n) is 19.7. The highest BCUT2D eigenvalue weighted by atomic mass is 32.1. The Morgan fingerprint density at radius 2 is 1.72 bits per heavy atom. The van der Waals surface area contributed by atoms with E-state index in [4.69, 9.17) is 18.9 Å². The van der Waals surface area contributed by atoms with Gasteiger partial charge in [-0.2, -0.15) is 0 Å². The maximum Gasteiger partial charge on any atom is 0.297 e. The fraction of sp³-hybridized carbons (Fsp3) is 0.179. The number of carbonyl (C=O) groups is 1. The first-order valence-corrected chi connectivity index (χ1v) is 12.6. The van der Waals surface area contributed by atoms with Crippen molar-refractivity contribution in [3.63, 3.8) is 0 Å². The van der Waals surface area contributed by atoms with Gasteiger partial charge in [-0.15, -0.1) is 0 Å². The molecule has 0 spiro atoms. The average Bonchev–Trinajstić information content (AvgIpc) is 3.43. The lowest BCUT2D eigenvalue weighted by Gasteiger charge is -2.23. The molecule has 0 aliphatic carbocycles. The SMILES string of the molecule is CCOc1cccc([C@@H]2c3c(oc4ccccc4c3=O)C(=O)N2c2nc3ccc(OCC)cc3s2)c1. The molecule has 3 heterocycles. The Morgan fingerprint density at radius 1 is 0.944 bits per heavy atom. The molecule has 0 N–H and O–H groups in total. The number of anilines is 1. The summed E-state index contributed by atoms with van der Waals surface area (Å²) in [5.41, 5.74) is 1.94. The molecule has 1 aliphatic heterocycles. The first-order chi connectivity index (χ1) is 17.6. The number of fused-ring (bicyclic) bond motifs is 3. The molecule has 1 atom stereocenters. The lowest BCUT2D eigenvalue weighted by molar-refractivity contribution is 0.0971. The minimum atomic E-state index is -0.708. The van der Waals surface area contributed by atoms with Gasteiger partial charge in [0.1, 0.15) is 17.1 Å². The molecule has 180 valence electrons. The van der Waals surface area contributed by atoms with Gasteiger partial charge in [0.25, 0.3) is 5.91 Å². The average molecular weight is 499 g/mol. The van der Waals surface area contributed by atoms with Crippen LogP contribution >= 0.6 is 11.3 Å². The molecular weight excluding hydrogens is 476 g/mol. The summed E-state index contributed by atoms with van der Waals surface area (Å²) in [6, 6.07) is 19.4. The third-order valence-electron chi connectivity index (χ3n) is 6.13. The second kappa shape index (κ2) is 8.80. The van der Waals surface area contributed by atoms with E-state index in [9.17, 15) is 9.59 Å². The maximum atomic E-state index is 13.8. The van der Waals surface area contributed by atoms with Crippen molar-refractivity contribution in [2.24, 2.45) is 0 Å². The van der Waals surface area contributed by atoms with E-state index in [2.05, 4.69) is 0 Å². The van der Waals surface area contributed by atoms with E-state index in [1.54, 1.807) is 29.2 Å². The van der Waals surface area contributed by atoms with E-state index in [0.717, 1.165) is 21.5 Å². The van der Waals surface area contributed by atoms with Crippen molar-refractivity contribution in [1.82, 2.24) is 4.98 Å². The highest BCUT2D eigenvalue weighted by Crippen LogP contribution is 2.44. The van der Waals surface area contributed by atoms with Gasteiger partial charge < -0.3 is 13.9 Å². The number of thiazole rings is 1. The van der Waals surface area contributed by atoms with Gasteiger partial charge >= 0.3 is 0 Å². The molecule has 3 aromatic carbocycles. The zero-order chi connectivity index (χ0) is 24.8. The predicted octanol–water partition coefficient (Wildman–Crippen LogP) is 5.95. The summed E-state index contributed by atoms with van der Waals surface area (Å²) >= 11 is 1.37. The van der Waals surface area contributed by atoms with Crippen LogP contribution in [0.15, 0.2) is 75.9 Å². The monoisotopic (exact) mass is 498 g/mol. The Hall–Kier alpha value is -4.17. The highest BCUT2D eigenvalue weighted by molar-refractivity contribution is 7.22. The van der Waals surface area contributed by atoms with E-state index in [1.165, 1.54) is 11.3 Å². The van der Waals surface area contributed by atoms with Crippen LogP contribution in [-0.4, -0.2) is 24.1 Å². The summed E-state index contributed by atoms with van der Waals surface area (Å²) in [7, 11) is 0. The first-order valence-electron chi connectivity index (χ1n) is 11.7. The third-order valence-corrected chi connectivity index (χ3v) is 7.15. The lowest BCUT2D eigenvalue weighted by Crippen LogP contribution is -2.29. The fourth-order valence-electron chi connectivity index (χ4n) is 4.63. The summed E-state index contributed by atoms with van der Waals surface area (Å²) in [6.07, 6.45) is 0. The molecule has 1 amide bonds. The maximum absolute atomic E-state index is 13.8.